The van der Waals surface area contributed by atoms with E-state index in [2.05, 4.69) is 19.9 Å². The SMILES string of the molecule is COCn1ccc(C(=O)Nc2cc(C(=O)OC)cc(C(=O)OC)c2)n1. The van der Waals surface area contributed by atoms with Crippen LogP contribution < -0.4 is 5.32 Å². The van der Waals surface area contributed by atoms with Gasteiger partial charge in [0.1, 0.15) is 6.73 Å². The van der Waals surface area contributed by atoms with Crippen LogP contribution in [-0.2, 0) is 20.9 Å². The molecule has 0 aliphatic heterocycles. The highest BCUT2D eigenvalue weighted by Gasteiger charge is 2.16. The standard InChI is InChI=1S/C16H17N3O6/c1-23-9-19-5-4-13(18-19)14(20)17-12-7-10(15(21)24-2)6-11(8-12)16(22)25-3/h4-8H,9H2,1-3H3,(H,17,20). The van der Waals surface area contributed by atoms with Crippen LogP contribution in [0.25, 0.3) is 0 Å². The van der Waals surface area contributed by atoms with E-state index in [9.17, 15) is 14.4 Å². The number of ether oxygens (including phenoxy) is 3. The van der Waals surface area contributed by atoms with Crippen molar-refractivity contribution in [3.05, 3.63) is 47.3 Å². The van der Waals surface area contributed by atoms with Crippen LogP contribution in [0.2, 0.25) is 0 Å². The van der Waals surface area contributed by atoms with Gasteiger partial charge in [0, 0.05) is 19.0 Å². The predicted octanol–water partition coefficient (Wildman–Crippen LogP) is 1.31. The average Bonchev–Trinajstić information content (AvgIpc) is 3.09. The van der Waals surface area contributed by atoms with Crippen LogP contribution in [0.3, 0.4) is 0 Å². The lowest BCUT2D eigenvalue weighted by Crippen LogP contribution is -2.15. The van der Waals surface area contributed by atoms with E-state index in [-0.39, 0.29) is 29.2 Å². The van der Waals surface area contributed by atoms with E-state index >= 15 is 0 Å². The summed E-state index contributed by atoms with van der Waals surface area (Å²) in [6, 6.07) is 5.62. The molecule has 1 amide bonds. The molecule has 0 unspecified atom stereocenters. The van der Waals surface area contributed by atoms with E-state index in [1.807, 2.05) is 0 Å². The van der Waals surface area contributed by atoms with Gasteiger partial charge in [0.25, 0.3) is 5.91 Å². The zero-order chi connectivity index (χ0) is 18.4. The van der Waals surface area contributed by atoms with E-state index in [4.69, 9.17) is 4.74 Å². The fourth-order valence-corrected chi connectivity index (χ4v) is 2.05. The number of anilines is 1. The van der Waals surface area contributed by atoms with Crippen LogP contribution in [0.4, 0.5) is 5.69 Å². The van der Waals surface area contributed by atoms with Crippen LogP contribution in [-0.4, -0.2) is 49.0 Å². The van der Waals surface area contributed by atoms with Crippen LogP contribution in [0.1, 0.15) is 31.2 Å². The number of benzene rings is 1. The van der Waals surface area contributed by atoms with Crippen molar-refractivity contribution in [2.24, 2.45) is 0 Å². The van der Waals surface area contributed by atoms with Gasteiger partial charge in [-0.2, -0.15) is 5.10 Å². The summed E-state index contributed by atoms with van der Waals surface area (Å²) in [5.74, 6) is -1.80. The fourth-order valence-electron chi connectivity index (χ4n) is 2.05. The van der Waals surface area contributed by atoms with Gasteiger partial charge in [-0.05, 0) is 24.3 Å². The molecule has 0 radical (unpaired) electrons. The number of nitrogens with zero attached hydrogens (tertiary/aromatic N) is 2. The largest absolute Gasteiger partial charge is 0.465 e. The molecule has 132 valence electrons. The smallest absolute Gasteiger partial charge is 0.337 e. The summed E-state index contributed by atoms with van der Waals surface area (Å²) in [7, 11) is 3.94. The van der Waals surface area contributed by atoms with Gasteiger partial charge >= 0.3 is 11.9 Å². The highest BCUT2D eigenvalue weighted by atomic mass is 16.5. The van der Waals surface area contributed by atoms with E-state index in [0.29, 0.717) is 0 Å². The summed E-state index contributed by atoms with van der Waals surface area (Å²) in [6.45, 7) is 0.206. The van der Waals surface area contributed by atoms with Crippen LogP contribution >= 0.6 is 0 Å². The molecule has 0 saturated carbocycles. The summed E-state index contributed by atoms with van der Waals surface area (Å²) >= 11 is 0. The highest BCUT2D eigenvalue weighted by molar-refractivity contribution is 6.04. The van der Waals surface area contributed by atoms with Gasteiger partial charge in [0.2, 0.25) is 0 Å². The maximum absolute atomic E-state index is 12.3. The van der Waals surface area contributed by atoms with Crippen molar-refractivity contribution in [3.63, 3.8) is 0 Å². The second-order valence-electron chi connectivity index (χ2n) is 4.89. The molecule has 2 aromatic rings. The number of carbonyl (C=O) groups excluding carboxylic acids is 3. The second kappa shape index (κ2) is 8.06. The minimum atomic E-state index is -0.648. The van der Waals surface area contributed by atoms with Gasteiger partial charge in [-0.3, -0.25) is 4.79 Å². The molecule has 0 bridgehead atoms. The first-order valence-electron chi connectivity index (χ1n) is 7.14. The topological polar surface area (TPSA) is 109 Å². The van der Waals surface area contributed by atoms with Gasteiger partial charge in [-0.1, -0.05) is 0 Å². The molecule has 2 rings (SSSR count). The molecule has 0 fully saturated rings. The first-order chi connectivity index (χ1) is 12.0. The number of amides is 1. The summed E-state index contributed by atoms with van der Waals surface area (Å²) in [5.41, 5.74) is 0.589. The fraction of sp³-hybridized carbons (Fsp3) is 0.250. The first kappa shape index (κ1) is 18.1. The van der Waals surface area contributed by atoms with E-state index in [1.165, 1.54) is 50.3 Å². The van der Waals surface area contributed by atoms with Gasteiger partial charge in [0.15, 0.2) is 5.69 Å². The lowest BCUT2D eigenvalue weighted by atomic mass is 10.1. The summed E-state index contributed by atoms with van der Waals surface area (Å²) in [4.78, 5) is 35.8. The molecule has 0 saturated heterocycles. The Hall–Kier alpha value is -3.20. The Morgan fingerprint density at radius 1 is 1.04 bits per heavy atom. The molecule has 1 N–H and O–H groups in total. The summed E-state index contributed by atoms with van der Waals surface area (Å²) < 4.78 is 15.7. The number of nitrogens with one attached hydrogen (secondary N) is 1. The lowest BCUT2D eigenvalue weighted by Gasteiger charge is -2.08. The first-order valence-corrected chi connectivity index (χ1v) is 7.14. The Balaban J connectivity index is 2.28. The minimum absolute atomic E-state index is 0.102. The highest BCUT2D eigenvalue weighted by Crippen LogP contribution is 2.18. The normalized spacial score (nSPS) is 10.2. The predicted molar refractivity (Wildman–Crippen MR) is 86.3 cm³/mol. The monoisotopic (exact) mass is 347 g/mol. The molecule has 1 heterocycles. The Morgan fingerprint density at radius 3 is 2.16 bits per heavy atom. The zero-order valence-corrected chi connectivity index (χ0v) is 13.9. The Kier molecular flexibility index (Phi) is 5.85. The number of esters is 2. The quantitative estimate of drug-likeness (QED) is 0.785. The molecule has 9 nitrogen and oxygen atoms in total. The van der Waals surface area contributed by atoms with Crippen molar-refractivity contribution >= 4 is 23.5 Å². The van der Waals surface area contributed by atoms with Crippen molar-refractivity contribution in [1.82, 2.24) is 9.78 Å². The van der Waals surface area contributed by atoms with Gasteiger partial charge in [-0.25, -0.2) is 14.3 Å². The van der Waals surface area contributed by atoms with Crippen LogP contribution in [0.5, 0.6) is 0 Å². The Labute approximate surface area is 143 Å². The third kappa shape index (κ3) is 4.42. The van der Waals surface area contributed by atoms with Crippen molar-refractivity contribution in [2.75, 3.05) is 26.6 Å². The number of aromatic nitrogens is 2. The molecule has 0 aliphatic rings. The molecule has 0 spiro atoms. The van der Waals surface area contributed by atoms with Gasteiger partial charge in [0.05, 0.1) is 25.3 Å². The molecule has 0 atom stereocenters. The lowest BCUT2D eigenvalue weighted by molar-refractivity contribution is 0.0599. The Morgan fingerprint density at radius 2 is 1.64 bits per heavy atom. The average molecular weight is 347 g/mol. The number of carbonyl (C=O) groups is 3. The van der Waals surface area contributed by atoms with Gasteiger partial charge < -0.3 is 19.5 Å². The molecule has 9 heteroatoms. The maximum atomic E-state index is 12.3. The zero-order valence-electron chi connectivity index (χ0n) is 13.9. The molecular formula is C16H17N3O6. The van der Waals surface area contributed by atoms with Crippen molar-refractivity contribution in [3.8, 4) is 0 Å². The minimum Gasteiger partial charge on any atom is -0.465 e. The third-order valence-corrected chi connectivity index (χ3v) is 3.17. The number of hydrogen-bond donors (Lipinski definition) is 1. The number of rotatable bonds is 6. The third-order valence-electron chi connectivity index (χ3n) is 3.17. The van der Waals surface area contributed by atoms with Crippen molar-refractivity contribution in [2.45, 2.75) is 6.73 Å². The summed E-state index contributed by atoms with van der Waals surface area (Å²) in [5, 5.41) is 6.62. The Bertz CT molecular complexity index is 765. The van der Waals surface area contributed by atoms with Crippen LogP contribution in [0.15, 0.2) is 30.5 Å². The molecular weight excluding hydrogens is 330 g/mol. The van der Waals surface area contributed by atoms with Crippen molar-refractivity contribution in [1.29, 1.82) is 0 Å². The van der Waals surface area contributed by atoms with Gasteiger partial charge in [-0.15, -0.1) is 0 Å². The van der Waals surface area contributed by atoms with Crippen LogP contribution in [0, 0.1) is 0 Å². The second-order valence-corrected chi connectivity index (χ2v) is 4.89. The van der Waals surface area contributed by atoms with Crippen molar-refractivity contribution < 1.29 is 28.6 Å². The van der Waals surface area contributed by atoms with E-state index in [1.54, 1.807) is 6.20 Å². The molecule has 1 aromatic heterocycles. The molecule has 0 aliphatic carbocycles. The number of methoxy groups -OCH3 is 3. The van der Waals surface area contributed by atoms with E-state index < -0.39 is 17.8 Å². The molecule has 25 heavy (non-hydrogen) atoms. The summed E-state index contributed by atoms with van der Waals surface area (Å²) in [6.07, 6.45) is 1.59. The van der Waals surface area contributed by atoms with E-state index in [0.717, 1.165) is 0 Å². The molecule has 1 aromatic carbocycles. The number of hydrogen-bond acceptors (Lipinski definition) is 7. The maximum Gasteiger partial charge on any atom is 0.337 e.